The van der Waals surface area contributed by atoms with Crippen molar-refractivity contribution in [2.24, 2.45) is 0 Å². The number of benzene rings is 2. The summed E-state index contributed by atoms with van der Waals surface area (Å²) < 4.78 is 50.8. The molecule has 1 aromatic heterocycles. The predicted molar refractivity (Wildman–Crippen MR) is 115 cm³/mol. The second kappa shape index (κ2) is 9.04. The van der Waals surface area contributed by atoms with E-state index >= 15 is 8.78 Å². The Kier molecular flexibility index (Phi) is 6.18. The van der Waals surface area contributed by atoms with Crippen LogP contribution in [0.4, 0.5) is 18.9 Å². The fourth-order valence-corrected chi connectivity index (χ4v) is 3.97. The van der Waals surface area contributed by atoms with Crippen LogP contribution in [-0.4, -0.2) is 43.3 Å². The molecule has 0 amide bonds. The SMILES string of the molecule is CCOC(=O)c1cn(Cc2cccc(F)c2)c2c(F)c(N3CCNCC3)c(F)cc2c1=O. The van der Waals surface area contributed by atoms with E-state index in [1.807, 2.05) is 0 Å². The summed E-state index contributed by atoms with van der Waals surface area (Å²) in [4.78, 5) is 26.9. The van der Waals surface area contributed by atoms with Crippen LogP contribution >= 0.6 is 0 Å². The number of carbonyl (C=O) groups is 1. The molecule has 0 unspecified atom stereocenters. The van der Waals surface area contributed by atoms with E-state index in [-0.39, 0.29) is 35.3 Å². The van der Waals surface area contributed by atoms with Crippen LogP contribution in [0.25, 0.3) is 10.9 Å². The number of carbonyl (C=O) groups excluding carboxylic acids is 1. The molecule has 4 rings (SSSR count). The highest BCUT2D eigenvalue weighted by Gasteiger charge is 2.26. The van der Waals surface area contributed by atoms with Crippen LogP contribution in [0.5, 0.6) is 0 Å². The molecular formula is C23H22F3N3O3. The van der Waals surface area contributed by atoms with Crippen molar-refractivity contribution in [3.63, 3.8) is 0 Å². The molecule has 1 aliphatic rings. The number of ether oxygens (including phenoxy) is 1. The number of rotatable bonds is 5. The fraction of sp³-hybridized carbons (Fsp3) is 0.304. The largest absolute Gasteiger partial charge is 0.462 e. The van der Waals surface area contributed by atoms with Gasteiger partial charge in [-0.25, -0.2) is 18.0 Å². The number of aromatic nitrogens is 1. The van der Waals surface area contributed by atoms with Crippen molar-refractivity contribution in [3.8, 4) is 0 Å². The van der Waals surface area contributed by atoms with Gasteiger partial charge in [-0.05, 0) is 30.7 Å². The third-order valence-electron chi connectivity index (χ3n) is 5.40. The molecule has 6 nitrogen and oxygen atoms in total. The van der Waals surface area contributed by atoms with Gasteiger partial charge in [-0.2, -0.15) is 0 Å². The highest BCUT2D eigenvalue weighted by atomic mass is 19.1. The molecule has 2 heterocycles. The number of nitrogens with one attached hydrogen (secondary N) is 1. The number of nitrogens with zero attached hydrogens (tertiary/aromatic N) is 2. The molecule has 9 heteroatoms. The number of halogens is 3. The number of anilines is 1. The zero-order valence-corrected chi connectivity index (χ0v) is 17.5. The summed E-state index contributed by atoms with van der Waals surface area (Å²) in [5.74, 6) is -3.15. The van der Waals surface area contributed by atoms with E-state index < -0.39 is 28.8 Å². The molecule has 0 bridgehead atoms. The minimum absolute atomic E-state index is 0.0326. The smallest absolute Gasteiger partial charge is 0.343 e. The van der Waals surface area contributed by atoms with Gasteiger partial charge in [0, 0.05) is 38.9 Å². The van der Waals surface area contributed by atoms with Crippen molar-refractivity contribution < 1.29 is 22.7 Å². The topological polar surface area (TPSA) is 63.6 Å². The monoisotopic (exact) mass is 445 g/mol. The first-order valence-corrected chi connectivity index (χ1v) is 10.3. The van der Waals surface area contributed by atoms with Crippen LogP contribution < -0.4 is 15.6 Å². The average molecular weight is 445 g/mol. The number of esters is 1. The van der Waals surface area contributed by atoms with E-state index in [4.69, 9.17) is 4.74 Å². The zero-order valence-electron chi connectivity index (χ0n) is 17.5. The molecule has 1 fully saturated rings. The Morgan fingerprint density at radius 2 is 1.91 bits per heavy atom. The van der Waals surface area contributed by atoms with Crippen LogP contribution in [0.2, 0.25) is 0 Å². The molecule has 0 saturated carbocycles. The van der Waals surface area contributed by atoms with Crippen molar-refractivity contribution in [1.29, 1.82) is 0 Å². The van der Waals surface area contributed by atoms with E-state index in [2.05, 4.69) is 5.32 Å². The quantitative estimate of drug-likeness (QED) is 0.612. The van der Waals surface area contributed by atoms with Crippen LogP contribution in [0.1, 0.15) is 22.8 Å². The maximum absolute atomic E-state index is 15.8. The fourth-order valence-electron chi connectivity index (χ4n) is 3.97. The Morgan fingerprint density at radius 1 is 1.16 bits per heavy atom. The van der Waals surface area contributed by atoms with Gasteiger partial charge in [-0.3, -0.25) is 4.79 Å². The number of hydrogen-bond donors (Lipinski definition) is 1. The normalized spacial score (nSPS) is 14.1. The molecule has 0 atom stereocenters. The Labute approximate surface area is 182 Å². The number of piperazine rings is 1. The third kappa shape index (κ3) is 4.08. The highest BCUT2D eigenvalue weighted by Crippen LogP contribution is 2.31. The number of hydrogen-bond acceptors (Lipinski definition) is 5. The predicted octanol–water partition coefficient (Wildman–Crippen LogP) is 3.05. The molecule has 1 N–H and O–H groups in total. The van der Waals surface area contributed by atoms with Crippen molar-refractivity contribution in [2.75, 3.05) is 37.7 Å². The third-order valence-corrected chi connectivity index (χ3v) is 5.40. The zero-order chi connectivity index (χ0) is 22.8. The summed E-state index contributed by atoms with van der Waals surface area (Å²) in [6, 6.07) is 6.64. The van der Waals surface area contributed by atoms with E-state index in [1.165, 1.54) is 29.0 Å². The molecular weight excluding hydrogens is 423 g/mol. The van der Waals surface area contributed by atoms with Gasteiger partial charge in [0.25, 0.3) is 0 Å². The van der Waals surface area contributed by atoms with Gasteiger partial charge in [-0.1, -0.05) is 12.1 Å². The lowest BCUT2D eigenvalue weighted by molar-refractivity contribution is 0.0524. The first-order valence-electron chi connectivity index (χ1n) is 10.3. The van der Waals surface area contributed by atoms with Gasteiger partial charge >= 0.3 is 5.97 Å². The molecule has 0 radical (unpaired) electrons. The summed E-state index contributed by atoms with van der Waals surface area (Å²) in [5, 5.41) is 2.85. The Hall–Kier alpha value is -3.33. The number of fused-ring (bicyclic) bond motifs is 1. The maximum atomic E-state index is 15.8. The molecule has 1 aliphatic heterocycles. The van der Waals surface area contributed by atoms with Crippen molar-refractivity contribution in [3.05, 3.63) is 75.3 Å². The lowest BCUT2D eigenvalue weighted by Gasteiger charge is -2.30. The summed E-state index contributed by atoms with van der Waals surface area (Å²) in [7, 11) is 0. The lowest BCUT2D eigenvalue weighted by atomic mass is 10.1. The molecule has 3 aromatic rings. The van der Waals surface area contributed by atoms with Gasteiger partial charge < -0.3 is 19.5 Å². The van der Waals surface area contributed by atoms with Crippen molar-refractivity contribution >= 4 is 22.6 Å². The summed E-state index contributed by atoms with van der Waals surface area (Å²) >= 11 is 0. The second-order valence-electron chi connectivity index (χ2n) is 7.50. The number of pyridine rings is 1. The van der Waals surface area contributed by atoms with Gasteiger partial charge in [0.05, 0.1) is 17.5 Å². The second-order valence-corrected chi connectivity index (χ2v) is 7.50. The van der Waals surface area contributed by atoms with Crippen LogP contribution in [0.15, 0.2) is 41.3 Å². The van der Waals surface area contributed by atoms with Gasteiger partial charge in [0.15, 0.2) is 5.82 Å². The Balaban J connectivity index is 1.97. The highest BCUT2D eigenvalue weighted by molar-refractivity contribution is 5.95. The minimum atomic E-state index is -0.897. The summed E-state index contributed by atoms with van der Waals surface area (Å²) in [6.07, 6.45) is 1.19. The van der Waals surface area contributed by atoms with Crippen molar-refractivity contribution in [1.82, 2.24) is 9.88 Å². The van der Waals surface area contributed by atoms with Gasteiger partial charge in [0.2, 0.25) is 5.43 Å². The average Bonchev–Trinajstić information content (AvgIpc) is 2.76. The van der Waals surface area contributed by atoms with E-state index in [9.17, 15) is 14.0 Å². The Bertz CT molecular complexity index is 1240. The maximum Gasteiger partial charge on any atom is 0.343 e. The minimum Gasteiger partial charge on any atom is -0.462 e. The molecule has 0 spiro atoms. The van der Waals surface area contributed by atoms with Crippen LogP contribution in [0, 0.1) is 17.5 Å². The first kappa shape index (κ1) is 21.9. The molecule has 32 heavy (non-hydrogen) atoms. The van der Waals surface area contributed by atoms with Crippen LogP contribution in [-0.2, 0) is 11.3 Å². The first-order chi connectivity index (χ1) is 15.4. The van der Waals surface area contributed by atoms with Crippen molar-refractivity contribution in [2.45, 2.75) is 13.5 Å². The van der Waals surface area contributed by atoms with E-state index in [0.717, 1.165) is 6.07 Å². The summed E-state index contributed by atoms with van der Waals surface area (Å²) in [6.45, 7) is 3.51. The van der Waals surface area contributed by atoms with E-state index in [0.29, 0.717) is 31.7 Å². The van der Waals surface area contributed by atoms with Crippen LogP contribution in [0.3, 0.4) is 0 Å². The standard InChI is InChI=1S/C23H22F3N3O3/c1-2-32-23(31)17-13-29(12-14-4-3-5-15(24)10-14)20-16(22(17)30)11-18(25)21(19(20)26)28-8-6-27-7-9-28/h3-5,10-11,13,27H,2,6-9,12H2,1H3. The molecule has 2 aromatic carbocycles. The van der Waals surface area contributed by atoms with Gasteiger partial charge in [-0.15, -0.1) is 0 Å². The molecule has 0 aliphatic carbocycles. The molecule has 168 valence electrons. The lowest BCUT2D eigenvalue weighted by Crippen LogP contribution is -2.44. The Morgan fingerprint density at radius 3 is 2.59 bits per heavy atom. The van der Waals surface area contributed by atoms with E-state index in [1.54, 1.807) is 17.9 Å². The summed E-state index contributed by atoms with van der Waals surface area (Å²) in [5.41, 5.74) is -1.06. The van der Waals surface area contributed by atoms with Gasteiger partial charge in [0.1, 0.15) is 22.9 Å². The molecule has 1 saturated heterocycles.